The molecule has 13 heavy (non-hydrogen) atoms. The number of ether oxygens (including phenoxy) is 1. The van der Waals surface area contributed by atoms with Crippen molar-refractivity contribution < 1.29 is 4.74 Å². The van der Waals surface area contributed by atoms with Gasteiger partial charge in [0.15, 0.2) is 0 Å². The van der Waals surface area contributed by atoms with E-state index in [0.717, 1.165) is 19.4 Å². The highest BCUT2D eigenvalue weighted by Crippen LogP contribution is 2.29. The molecule has 0 aromatic heterocycles. The van der Waals surface area contributed by atoms with Gasteiger partial charge in [-0.3, -0.25) is 0 Å². The van der Waals surface area contributed by atoms with Crippen molar-refractivity contribution >= 4 is 0 Å². The summed E-state index contributed by atoms with van der Waals surface area (Å²) in [4.78, 5) is 0. The summed E-state index contributed by atoms with van der Waals surface area (Å²) in [6.45, 7) is 3.77. The first kappa shape index (κ1) is 11.0. The summed E-state index contributed by atoms with van der Waals surface area (Å²) in [5, 5.41) is 3.50. The molecule has 0 spiro atoms. The van der Waals surface area contributed by atoms with Gasteiger partial charge in [-0.1, -0.05) is 19.8 Å². The first-order valence-electron chi connectivity index (χ1n) is 5.27. The second kappa shape index (κ2) is 4.94. The summed E-state index contributed by atoms with van der Waals surface area (Å²) in [6, 6.07) is 0. The van der Waals surface area contributed by atoms with Gasteiger partial charge in [0.2, 0.25) is 0 Å². The summed E-state index contributed by atoms with van der Waals surface area (Å²) < 4.78 is 5.51. The van der Waals surface area contributed by atoms with E-state index < -0.39 is 0 Å². The van der Waals surface area contributed by atoms with Crippen LogP contribution in [0.2, 0.25) is 0 Å². The van der Waals surface area contributed by atoms with Crippen LogP contribution in [0.25, 0.3) is 0 Å². The van der Waals surface area contributed by atoms with Crippen LogP contribution in [0.3, 0.4) is 0 Å². The number of methoxy groups -OCH3 is 1. The van der Waals surface area contributed by atoms with Crippen molar-refractivity contribution in [1.82, 2.24) is 5.32 Å². The highest BCUT2D eigenvalue weighted by molar-refractivity contribution is 4.98. The van der Waals surface area contributed by atoms with E-state index in [2.05, 4.69) is 12.2 Å². The molecule has 1 aliphatic rings. The molecule has 2 atom stereocenters. The summed E-state index contributed by atoms with van der Waals surface area (Å²) >= 11 is 0. The monoisotopic (exact) mass is 186 g/mol. The van der Waals surface area contributed by atoms with E-state index in [1.165, 1.54) is 12.8 Å². The molecule has 0 radical (unpaired) electrons. The highest BCUT2D eigenvalue weighted by Gasteiger charge is 2.38. The topological polar surface area (TPSA) is 47.3 Å². The molecule has 1 fully saturated rings. The number of rotatable bonds is 4. The fraction of sp³-hybridized carbons (Fsp3) is 1.00. The Morgan fingerprint density at radius 2 is 2.31 bits per heavy atom. The van der Waals surface area contributed by atoms with E-state index >= 15 is 0 Å². The summed E-state index contributed by atoms with van der Waals surface area (Å²) in [5.41, 5.74) is 5.89. The van der Waals surface area contributed by atoms with Gasteiger partial charge in [-0.25, -0.2) is 0 Å². The van der Waals surface area contributed by atoms with Gasteiger partial charge in [0, 0.05) is 13.7 Å². The first-order chi connectivity index (χ1) is 6.29. The second-order valence-corrected chi connectivity index (χ2v) is 3.86. The minimum absolute atomic E-state index is 0.0434. The highest BCUT2D eigenvalue weighted by atomic mass is 16.5. The van der Waals surface area contributed by atoms with Gasteiger partial charge < -0.3 is 15.8 Å². The maximum Gasteiger partial charge on any atom is 0.0765 e. The largest absolute Gasteiger partial charge is 0.379 e. The van der Waals surface area contributed by atoms with Gasteiger partial charge in [0.05, 0.1) is 11.6 Å². The fourth-order valence-corrected chi connectivity index (χ4v) is 2.41. The second-order valence-electron chi connectivity index (χ2n) is 3.86. The predicted octanol–water partition coefficient (Wildman–Crippen LogP) is 0.882. The lowest BCUT2D eigenvalue weighted by Crippen LogP contribution is -2.61. The van der Waals surface area contributed by atoms with E-state index in [9.17, 15) is 0 Å². The molecule has 0 saturated heterocycles. The minimum atomic E-state index is 0.0434. The molecular weight excluding hydrogens is 164 g/mol. The van der Waals surface area contributed by atoms with Gasteiger partial charge >= 0.3 is 0 Å². The van der Waals surface area contributed by atoms with Crippen molar-refractivity contribution in [2.75, 3.05) is 20.2 Å². The Kier molecular flexibility index (Phi) is 4.16. The lowest BCUT2D eigenvalue weighted by atomic mass is 9.79. The van der Waals surface area contributed by atoms with Crippen molar-refractivity contribution in [2.24, 2.45) is 5.73 Å². The molecule has 0 bridgehead atoms. The average Bonchev–Trinajstić information content (AvgIpc) is 2.19. The first-order valence-corrected chi connectivity index (χ1v) is 5.27. The molecule has 1 aliphatic carbocycles. The maximum absolute atomic E-state index is 5.85. The number of hydrogen-bond donors (Lipinski definition) is 2. The lowest BCUT2D eigenvalue weighted by molar-refractivity contribution is -0.00761. The van der Waals surface area contributed by atoms with Crippen LogP contribution in [0.4, 0.5) is 0 Å². The lowest BCUT2D eigenvalue weighted by Gasteiger charge is -2.43. The Morgan fingerprint density at radius 1 is 1.54 bits per heavy atom. The third-order valence-corrected chi connectivity index (χ3v) is 3.13. The van der Waals surface area contributed by atoms with Crippen molar-refractivity contribution in [3.63, 3.8) is 0 Å². The Morgan fingerprint density at radius 3 is 2.85 bits per heavy atom. The van der Waals surface area contributed by atoms with Crippen LogP contribution in [-0.2, 0) is 4.74 Å². The molecule has 1 saturated carbocycles. The van der Waals surface area contributed by atoms with Crippen LogP contribution in [0, 0.1) is 0 Å². The maximum atomic E-state index is 5.85. The summed E-state index contributed by atoms with van der Waals surface area (Å²) in [6.07, 6.45) is 5.12. The Labute approximate surface area is 81.0 Å². The van der Waals surface area contributed by atoms with Crippen LogP contribution in [-0.4, -0.2) is 31.8 Å². The van der Waals surface area contributed by atoms with Crippen LogP contribution < -0.4 is 11.1 Å². The van der Waals surface area contributed by atoms with Crippen molar-refractivity contribution in [3.05, 3.63) is 0 Å². The predicted molar refractivity (Wildman–Crippen MR) is 54.7 cm³/mol. The fourth-order valence-electron chi connectivity index (χ4n) is 2.41. The molecule has 0 aromatic carbocycles. The zero-order valence-corrected chi connectivity index (χ0v) is 8.81. The van der Waals surface area contributed by atoms with Crippen LogP contribution in [0.1, 0.15) is 32.6 Å². The molecule has 0 aliphatic heterocycles. The number of hydrogen-bond acceptors (Lipinski definition) is 3. The number of nitrogens with two attached hydrogens (primary N) is 1. The van der Waals surface area contributed by atoms with Gasteiger partial charge in [-0.15, -0.1) is 0 Å². The number of likely N-dealkylation sites (N-methyl/N-ethyl adjacent to an activating group) is 1. The zero-order valence-electron chi connectivity index (χ0n) is 8.81. The van der Waals surface area contributed by atoms with E-state index in [1.807, 2.05) is 0 Å². The van der Waals surface area contributed by atoms with E-state index in [4.69, 9.17) is 10.5 Å². The van der Waals surface area contributed by atoms with Crippen LogP contribution >= 0.6 is 0 Å². The number of nitrogens with one attached hydrogen (secondary N) is 1. The standard InChI is InChI=1S/C10H22N2O/c1-3-12-10(8-11)7-5-4-6-9(10)13-2/h9,12H,3-8,11H2,1-2H3. The molecule has 3 N–H and O–H groups in total. The van der Waals surface area contributed by atoms with Crippen LogP contribution in [0.5, 0.6) is 0 Å². The van der Waals surface area contributed by atoms with Crippen molar-refractivity contribution in [3.8, 4) is 0 Å². The molecule has 1 rings (SSSR count). The minimum Gasteiger partial charge on any atom is -0.379 e. The van der Waals surface area contributed by atoms with Gasteiger partial charge in [-0.2, -0.15) is 0 Å². The Hall–Kier alpha value is -0.120. The molecule has 0 heterocycles. The van der Waals surface area contributed by atoms with E-state index in [-0.39, 0.29) is 5.54 Å². The van der Waals surface area contributed by atoms with Gasteiger partial charge in [0.1, 0.15) is 0 Å². The molecule has 3 nitrogen and oxygen atoms in total. The quantitative estimate of drug-likeness (QED) is 0.685. The third kappa shape index (κ3) is 2.22. The van der Waals surface area contributed by atoms with Gasteiger partial charge in [-0.05, 0) is 19.4 Å². The molecular formula is C10H22N2O. The van der Waals surface area contributed by atoms with E-state index in [0.29, 0.717) is 12.6 Å². The van der Waals surface area contributed by atoms with Crippen molar-refractivity contribution in [1.29, 1.82) is 0 Å². The van der Waals surface area contributed by atoms with Gasteiger partial charge in [0.25, 0.3) is 0 Å². The average molecular weight is 186 g/mol. The van der Waals surface area contributed by atoms with E-state index in [1.54, 1.807) is 7.11 Å². The zero-order chi connectivity index (χ0) is 9.73. The summed E-state index contributed by atoms with van der Waals surface area (Å²) in [5.74, 6) is 0. The Balaban J connectivity index is 2.66. The molecule has 78 valence electrons. The van der Waals surface area contributed by atoms with Crippen molar-refractivity contribution in [2.45, 2.75) is 44.2 Å². The molecule has 3 heteroatoms. The third-order valence-electron chi connectivity index (χ3n) is 3.13. The smallest absolute Gasteiger partial charge is 0.0765 e. The summed E-state index contributed by atoms with van der Waals surface area (Å²) in [7, 11) is 1.79. The Bertz CT molecular complexity index is 148. The van der Waals surface area contributed by atoms with Crippen LogP contribution in [0.15, 0.2) is 0 Å². The molecule has 2 unspecified atom stereocenters. The molecule has 0 aromatic rings. The normalized spacial score (nSPS) is 34.8. The SMILES string of the molecule is CCNC1(CN)CCCCC1OC. The molecule has 0 amide bonds.